The normalized spacial score (nSPS) is 12.5. The van der Waals surface area contributed by atoms with E-state index in [2.05, 4.69) is 10.3 Å². The van der Waals surface area contributed by atoms with E-state index < -0.39 is 5.82 Å². The van der Waals surface area contributed by atoms with Crippen LogP contribution in [0.15, 0.2) is 30.6 Å². The lowest BCUT2D eigenvalue weighted by atomic mass is 10.2. The van der Waals surface area contributed by atoms with Crippen LogP contribution < -0.4 is 5.32 Å². The van der Waals surface area contributed by atoms with Gasteiger partial charge in [-0.25, -0.2) is 9.37 Å². The molecule has 0 radical (unpaired) electrons. The lowest BCUT2D eigenvalue weighted by Crippen LogP contribution is -2.12. The number of anilines is 1. The van der Waals surface area contributed by atoms with Crippen LogP contribution in [0.3, 0.4) is 0 Å². The van der Waals surface area contributed by atoms with Crippen LogP contribution in [-0.4, -0.2) is 9.55 Å². The van der Waals surface area contributed by atoms with Gasteiger partial charge in [0.1, 0.15) is 5.82 Å². The van der Waals surface area contributed by atoms with E-state index >= 15 is 0 Å². The molecule has 0 saturated carbocycles. The van der Waals surface area contributed by atoms with Crippen LogP contribution in [-0.2, 0) is 7.05 Å². The van der Waals surface area contributed by atoms with Gasteiger partial charge in [-0.1, -0.05) is 17.7 Å². The van der Waals surface area contributed by atoms with Gasteiger partial charge < -0.3 is 9.88 Å². The maximum atomic E-state index is 13.7. The third-order valence-electron chi connectivity index (χ3n) is 2.57. The van der Waals surface area contributed by atoms with Crippen molar-refractivity contribution in [2.75, 3.05) is 5.32 Å². The van der Waals surface area contributed by atoms with Crippen molar-refractivity contribution in [1.82, 2.24) is 9.55 Å². The van der Waals surface area contributed by atoms with E-state index in [0.29, 0.717) is 5.69 Å². The molecule has 1 N–H and O–H groups in total. The molecule has 3 nitrogen and oxygen atoms in total. The minimum absolute atomic E-state index is 0.0945. The van der Waals surface area contributed by atoms with E-state index in [1.807, 2.05) is 24.7 Å². The molecule has 0 aliphatic carbocycles. The summed E-state index contributed by atoms with van der Waals surface area (Å²) in [6, 6.07) is 4.79. The molecule has 2 rings (SSSR count). The number of hydrogen-bond donors (Lipinski definition) is 1. The van der Waals surface area contributed by atoms with Crippen LogP contribution in [0.5, 0.6) is 0 Å². The Kier molecular flexibility index (Phi) is 3.33. The largest absolute Gasteiger partial charge is 0.373 e. The zero-order valence-corrected chi connectivity index (χ0v) is 10.4. The summed E-state index contributed by atoms with van der Waals surface area (Å²) in [4.78, 5) is 4.21. The second-order valence-electron chi connectivity index (χ2n) is 3.86. The van der Waals surface area contributed by atoms with Crippen molar-refractivity contribution in [3.8, 4) is 0 Å². The molecule has 0 bridgehead atoms. The van der Waals surface area contributed by atoms with Crippen molar-refractivity contribution in [2.24, 2.45) is 7.05 Å². The third-order valence-corrected chi connectivity index (χ3v) is 2.86. The van der Waals surface area contributed by atoms with Gasteiger partial charge in [0.05, 0.1) is 16.8 Å². The summed E-state index contributed by atoms with van der Waals surface area (Å²) >= 11 is 5.72. The lowest BCUT2D eigenvalue weighted by Gasteiger charge is -2.15. The highest BCUT2D eigenvalue weighted by atomic mass is 35.5. The molecule has 1 aromatic heterocycles. The first-order valence-corrected chi connectivity index (χ1v) is 5.65. The number of nitrogens with zero attached hydrogens (tertiary/aromatic N) is 2. The Morgan fingerprint density at radius 2 is 2.24 bits per heavy atom. The number of benzene rings is 1. The summed E-state index contributed by atoms with van der Waals surface area (Å²) in [5.41, 5.74) is 0.382. The van der Waals surface area contributed by atoms with Crippen molar-refractivity contribution in [2.45, 2.75) is 13.0 Å². The molecule has 2 aromatic rings. The van der Waals surface area contributed by atoms with Crippen LogP contribution in [0.2, 0.25) is 5.02 Å². The number of aryl methyl sites for hydroxylation is 1. The minimum atomic E-state index is -0.435. The fraction of sp³-hybridized carbons (Fsp3) is 0.250. The Hall–Kier alpha value is -1.55. The summed E-state index contributed by atoms with van der Waals surface area (Å²) in [6.07, 6.45) is 3.56. The van der Waals surface area contributed by atoms with Crippen LogP contribution in [0.1, 0.15) is 18.8 Å². The van der Waals surface area contributed by atoms with Gasteiger partial charge in [-0.3, -0.25) is 0 Å². The van der Waals surface area contributed by atoms with Gasteiger partial charge in [-0.05, 0) is 19.1 Å². The molecule has 1 atom stereocenters. The van der Waals surface area contributed by atoms with Crippen molar-refractivity contribution >= 4 is 17.3 Å². The fourth-order valence-corrected chi connectivity index (χ4v) is 1.88. The first-order valence-electron chi connectivity index (χ1n) is 5.27. The van der Waals surface area contributed by atoms with E-state index in [4.69, 9.17) is 11.6 Å². The number of nitrogens with one attached hydrogen (secondary N) is 1. The van der Waals surface area contributed by atoms with Crippen LogP contribution >= 0.6 is 11.6 Å². The van der Waals surface area contributed by atoms with Gasteiger partial charge in [0.25, 0.3) is 0 Å². The molecule has 0 fully saturated rings. The number of aromatic nitrogens is 2. The molecule has 0 saturated heterocycles. The molecule has 5 heteroatoms. The molecule has 1 aromatic carbocycles. The van der Waals surface area contributed by atoms with Crippen LogP contribution in [0.25, 0.3) is 0 Å². The fourth-order valence-electron chi connectivity index (χ4n) is 1.71. The minimum Gasteiger partial charge on any atom is -0.373 e. The summed E-state index contributed by atoms with van der Waals surface area (Å²) < 4.78 is 15.6. The highest BCUT2D eigenvalue weighted by molar-refractivity contribution is 6.31. The number of rotatable bonds is 3. The van der Waals surface area contributed by atoms with Crippen molar-refractivity contribution in [3.63, 3.8) is 0 Å². The van der Waals surface area contributed by atoms with Gasteiger partial charge >= 0.3 is 0 Å². The Labute approximate surface area is 104 Å². The zero-order chi connectivity index (χ0) is 12.4. The van der Waals surface area contributed by atoms with E-state index in [1.165, 1.54) is 6.07 Å². The molecule has 0 aliphatic heterocycles. The van der Waals surface area contributed by atoms with Crippen molar-refractivity contribution in [3.05, 3.63) is 47.3 Å². The smallest absolute Gasteiger partial charge is 0.164 e. The number of imidazole rings is 1. The van der Waals surface area contributed by atoms with E-state index in [9.17, 15) is 4.39 Å². The monoisotopic (exact) mass is 253 g/mol. The molecule has 17 heavy (non-hydrogen) atoms. The Balaban J connectivity index is 2.22. The maximum absolute atomic E-state index is 13.7. The number of hydrogen-bond acceptors (Lipinski definition) is 2. The van der Waals surface area contributed by atoms with Crippen molar-refractivity contribution in [1.29, 1.82) is 0 Å². The molecule has 0 amide bonds. The summed E-state index contributed by atoms with van der Waals surface area (Å²) in [5.74, 6) is 0.402. The predicted octanol–water partition coefficient (Wildman–Crippen LogP) is 3.39. The first kappa shape index (κ1) is 11.9. The lowest BCUT2D eigenvalue weighted by molar-refractivity contribution is 0.624. The van der Waals surface area contributed by atoms with Gasteiger partial charge in [0, 0.05) is 19.4 Å². The average Bonchev–Trinajstić information content (AvgIpc) is 2.71. The van der Waals surface area contributed by atoms with Crippen LogP contribution in [0.4, 0.5) is 10.1 Å². The average molecular weight is 254 g/mol. The standard InChI is InChI=1S/C12H13ClFN3/c1-8(12-15-6-7-17(12)2)16-10-5-3-4-9(13)11(10)14/h3-8,16H,1-2H3. The van der Waals surface area contributed by atoms with Gasteiger partial charge in [0.2, 0.25) is 0 Å². The molecular formula is C12H13ClFN3. The van der Waals surface area contributed by atoms with E-state index in [1.54, 1.807) is 18.3 Å². The SMILES string of the molecule is CC(Nc1cccc(Cl)c1F)c1nccn1C. The Morgan fingerprint density at radius 3 is 2.88 bits per heavy atom. The second-order valence-corrected chi connectivity index (χ2v) is 4.27. The highest BCUT2D eigenvalue weighted by Crippen LogP contribution is 2.25. The van der Waals surface area contributed by atoms with Crippen LogP contribution in [0, 0.1) is 5.82 Å². The summed E-state index contributed by atoms with van der Waals surface area (Å²) in [6.45, 7) is 1.92. The predicted molar refractivity (Wildman–Crippen MR) is 66.7 cm³/mol. The molecular weight excluding hydrogens is 241 g/mol. The van der Waals surface area contributed by atoms with Crippen molar-refractivity contribution < 1.29 is 4.39 Å². The number of halogens is 2. The highest BCUT2D eigenvalue weighted by Gasteiger charge is 2.13. The first-order chi connectivity index (χ1) is 8.09. The molecule has 0 aliphatic rings. The summed E-state index contributed by atoms with van der Waals surface area (Å²) in [7, 11) is 1.90. The molecule has 0 spiro atoms. The van der Waals surface area contributed by atoms with Gasteiger partial charge in [0.15, 0.2) is 5.82 Å². The van der Waals surface area contributed by atoms with E-state index in [-0.39, 0.29) is 11.1 Å². The molecule has 1 heterocycles. The third kappa shape index (κ3) is 2.42. The van der Waals surface area contributed by atoms with Gasteiger partial charge in [-0.2, -0.15) is 0 Å². The second kappa shape index (κ2) is 4.75. The maximum Gasteiger partial charge on any atom is 0.164 e. The van der Waals surface area contributed by atoms with Gasteiger partial charge in [-0.15, -0.1) is 0 Å². The Bertz CT molecular complexity index is 524. The topological polar surface area (TPSA) is 29.9 Å². The van der Waals surface area contributed by atoms with E-state index in [0.717, 1.165) is 5.82 Å². The zero-order valence-electron chi connectivity index (χ0n) is 9.61. The quantitative estimate of drug-likeness (QED) is 0.909. The molecule has 90 valence electrons. The Morgan fingerprint density at radius 1 is 1.47 bits per heavy atom. The summed E-state index contributed by atoms with van der Waals surface area (Å²) in [5, 5.41) is 3.16. The molecule has 1 unspecified atom stereocenters.